The molecule has 5 nitrogen and oxygen atoms in total. The fraction of sp³-hybridized carbons (Fsp3) is 0.281. The summed E-state index contributed by atoms with van der Waals surface area (Å²) in [4.78, 5) is 10.8. The Morgan fingerprint density at radius 1 is 0.872 bits per heavy atom. The number of aliphatic hydroxyl groups excluding tert-OH is 2. The van der Waals surface area contributed by atoms with Gasteiger partial charge in [-0.05, 0) is 58.1 Å². The number of benzene rings is 4. The third-order valence-corrected chi connectivity index (χ3v) is 6.73. The second kappa shape index (κ2) is 12.4. The van der Waals surface area contributed by atoms with Crippen LogP contribution in [0.3, 0.4) is 0 Å². The van der Waals surface area contributed by atoms with Gasteiger partial charge in [0.1, 0.15) is 24.0 Å². The van der Waals surface area contributed by atoms with E-state index in [0.717, 1.165) is 33.0 Å². The van der Waals surface area contributed by atoms with Gasteiger partial charge in [0, 0.05) is 35.9 Å². The molecule has 0 saturated carbocycles. The fourth-order valence-electron chi connectivity index (χ4n) is 5.03. The lowest BCUT2D eigenvalue weighted by atomic mass is 9.81. The van der Waals surface area contributed by atoms with Gasteiger partial charge >= 0.3 is 0 Å². The molecule has 0 heterocycles. The highest BCUT2D eigenvalue weighted by molar-refractivity contribution is 5.90. The van der Waals surface area contributed by atoms with Crippen LogP contribution in [-0.4, -0.2) is 35.0 Å². The average Bonchev–Trinajstić information content (AvgIpc) is 2.88. The van der Waals surface area contributed by atoms with E-state index in [9.17, 15) is 28.9 Å². The second-order valence-corrected chi connectivity index (χ2v) is 10.1. The van der Waals surface area contributed by atoms with Crippen LogP contribution in [0.25, 0.3) is 10.8 Å². The first-order valence-corrected chi connectivity index (χ1v) is 12.9. The topological polar surface area (TPSA) is 89.8 Å². The van der Waals surface area contributed by atoms with Crippen molar-refractivity contribution in [2.75, 3.05) is 6.61 Å². The van der Waals surface area contributed by atoms with Crippen LogP contribution in [0.1, 0.15) is 60.8 Å². The molecule has 0 aliphatic rings. The quantitative estimate of drug-likeness (QED) is 0.263. The Balaban J connectivity index is 1.87. The summed E-state index contributed by atoms with van der Waals surface area (Å²) in [6.45, 7) is 3.86. The molecule has 4 aromatic carbocycles. The molecule has 0 spiro atoms. The highest BCUT2D eigenvalue weighted by Gasteiger charge is 2.27. The highest BCUT2D eigenvalue weighted by atomic mass is 19.1. The van der Waals surface area contributed by atoms with Crippen LogP contribution >= 0.6 is 0 Å². The van der Waals surface area contributed by atoms with E-state index < -0.39 is 30.5 Å². The zero-order valence-electron chi connectivity index (χ0n) is 21.8. The molecule has 1 unspecified atom stereocenters. The summed E-state index contributed by atoms with van der Waals surface area (Å²) in [5, 5.41) is 33.3. The summed E-state index contributed by atoms with van der Waals surface area (Å²) in [5.41, 5.74) is 3.18. The van der Waals surface area contributed by atoms with E-state index >= 15 is 0 Å². The molecular formula is C32H31F2O5-. The van der Waals surface area contributed by atoms with Crippen LogP contribution in [0.2, 0.25) is 0 Å². The maximum Gasteiger partial charge on any atom is 0.127 e. The van der Waals surface area contributed by atoms with Gasteiger partial charge in [0.2, 0.25) is 0 Å². The molecule has 39 heavy (non-hydrogen) atoms. The Kier molecular flexibility index (Phi) is 8.94. The van der Waals surface area contributed by atoms with Crippen LogP contribution in [0.5, 0.6) is 5.75 Å². The predicted molar refractivity (Wildman–Crippen MR) is 144 cm³/mol. The summed E-state index contributed by atoms with van der Waals surface area (Å²) in [7, 11) is 0. The Bertz CT molecular complexity index is 1370. The third kappa shape index (κ3) is 6.80. The molecule has 2 N–H and O–H groups in total. The number of rotatable bonds is 11. The van der Waals surface area contributed by atoms with Crippen LogP contribution in [0.15, 0.2) is 78.9 Å². The molecule has 0 aliphatic heterocycles. The van der Waals surface area contributed by atoms with Gasteiger partial charge in [-0.2, -0.15) is 0 Å². The number of carbonyl (C=O) groups is 1. The van der Waals surface area contributed by atoms with Gasteiger partial charge in [-0.3, -0.25) is 0 Å². The van der Waals surface area contributed by atoms with E-state index in [2.05, 4.69) is 0 Å². The van der Waals surface area contributed by atoms with E-state index in [-0.39, 0.29) is 30.6 Å². The van der Waals surface area contributed by atoms with Crippen LogP contribution < -0.4 is 9.84 Å². The van der Waals surface area contributed by atoms with Gasteiger partial charge in [0.15, 0.2) is 0 Å². The van der Waals surface area contributed by atoms with Crippen molar-refractivity contribution < 1.29 is 33.6 Å². The van der Waals surface area contributed by atoms with E-state index in [1.807, 2.05) is 44.2 Å². The highest BCUT2D eigenvalue weighted by Crippen LogP contribution is 2.45. The summed E-state index contributed by atoms with van der Waals surface area (Å²) in [6, 6.07) is 22.1. The fourth-order valence-corrected chi connectivity index (χ4v) is 5.03. The third-order valence-electron chi connectivity index (χ3n) is 6.73. The Labute approximate surface area is 226 Å². The van der Waals surface area contributed by atoms with E-state index in [1.165, 1.54) is 24.3 Å². The van der Waals surface area contributed by atoms with Crippen molar-refractivity contribution >= 4 is 16.7 Å². The molecule has 4 aromatic rings. The Morgan fingerprint density at radius 2 is 1.44 bits per heavy atom. The lowest BCUT2D eigenvalue weighted by Gasteiger charge is -2.27. The van der Waals surface area contributed by atoms with E-state index in [1.54, 1.807) is 24.3 Å². The number of ether oxygens (including phenoxy) is 1. The van der Waals surface area contributed by atoms with Crippen molar-refractivity contribution in [1.82, 2.24) is 0 Å². The maximum atomic E-state index is 13.9. The zero-order chi connectivity index (χ0) is 28.1. The zero-order valence-corrected chi connectivity index (χ0v) is 21.8. The standard InChI is InChI=1S/C32H32F2O5/c1-19(2)30-27-6-4-3-5-22(27)15-28(32(30)39-18-26(36)16-25(35)17-29(37)38)31(20-7-11-23(33)12-8-20)21-9-13-24(34)14-10-21/h3-15,19,25-26,31,35-36H,16-18H2,1-2H3,(H,37,38)/p-1/t25-,26?/m1/s1. The number of carbonyl (C=O) groups excluding carboxylic acids is 1. The minimum Gasteiger partial charge on any atom is -0.550 e. The molecule has 204 valence electrons. The van der Waals surface area contributed by atoms with Gasteiger partial charge in [0.25, 0.3) is 0 Å². The summed E-state index contributed by atoms with van der Waals surface area (Å²) in [6.07, 6.45) is -3.21. The smallest absolute Gasteiger partial charge is 0.127 e. The monoisotopic (exact) mass is 533 g/mol. The van der Waals surface area contributed by atoms with Crippen molar-refractivity contribution in [3.8, 4) is 5.75 Å². The molecule has 7 heteroatoms. The normalized spacial score (nSPS) is 13.1. The number of hydrogen-bond donors (Lipinski definition) is 2. The van der Waals surface area contributed by atoms with Gasteiger partial charge in [-0.15, -0.1) is 0 Å². The van der Waals surface area contributed by atoms with Crippen LogP contribution in [0.4, 0.5) is 8.78 Å². The van der Waals surface area contributed by atoms with E-state index in [0.29, 0.717) is 5.75 Å². The van der Waals surface area contributed by atoms with Gasteiger partial charge in [0.05, 0.1) is 12.2 Å². The first-order chi connectivity index (χ1) is 18.6. The molecule has 4 rings (SSSR count). The largest absolute Gasteiger partial charge is 0.550 e. The number of halogens is 2. The number of aliphatic hydroxyl groups is 2. The van der Waals surface area contributed by atoms with E-state index in [4.69, 9.17) is 4.74 Å². The molecule has 0 aromatic heterocycles. The average molecular weight is 534 g/mol. The Hall–Kier alpha value is -3.81. The number of carboxylic acid groups (broad SMARTS) is 1. The van der Waals surface area contributed by atoms with Gasteiger partial charge in [-0.1, -0.05) is 62.4 Å². The number of hydrogen-bond acceptors (Lipinski definition) is 5. The minimum absolute atomic E-state index is 0.00718. The van der Waals surface area contributed by atoms with Crippen molar-refractivity contribution in [2.45, 2.75) is 50.7 Å². The van der Waals surface area contributed by atoms with Crippen molar-refractivity contribution in [1.29, 1.82) is 0 Å². The maximum absolute atomic E-state index is 13.9. The van der Waals surface area contributed by atoms with Crippen molar-refractivity contribution in [3.63, 3.8) is 0 Å². The first kappa shape index (κ1) is 28.2. The first-order valence-electron chi connectivity index (χ1n) is 12.9. The molecule has 0 fully saturated rings. The molecule has 0 amide bonds. The van der Waals surface area contributed by atoms with Crippen LogP contribution in [-0.2, 0) is 4.79 Å². The molecular weight excluding hydrogens is 502 g/mol. The number of aliphatic carboxylic acids is 1. The molecule has 0 saturated heterocycles. The summed E-state index contributed by atoms with van der Waals surface area (Å²) >= 11 is 0. The Morgan fingerprint density at radius 3 is 1.97 bits per heavy atom. The lowest BCUT2D eigenvalue weighted by molar-refractivity contribution is -0.307. The molecule has 0 bridgehead atoms. The van der Waals surface area contributed by atoms with Gasteiger partial charge < -0.3 is 24.9 Å². The minimum atomic E-state index is -1.41. The summed E-state index contributed by atoms with van der Waals surface area (Å²) in [5.74, 6) is -2.09. The number of carboxylic acids is 1. The van der Waals surface area contributed by atoms with Gasteiger partial charge in [-0.25, -0.2) is 8.78 Å². The van der Waals surface area contributed by atoms with Crippen molar-refractivity contribution in [3.05, 3.63) is 113 Å². The molecule has 0 aliphatic carbocycles. The number of fused-ring (bicyclic) bond motifs is 1. The summed E-state index contributed by atoms with van der Waals surface area (Å²) < 4.78 is 34.1. The lowest BCUT2D eigenvalue weighted by Crippen LogP contribution is -2.31. The van der Waals surface area contributed by atoms with Crippen molar-refractivity contribution in [2.24, 2.45) is 0 Å². The molecule has 0 radical (unpaired) electrons. The van der Waals surface area contributed by atoms with Crippen LogP contribution in [0, 0.1) is 11.6 Å². The SMILES string of the molecule is CC(C)c1c(OCC(O)C[C@@H](O)CC(=O)[O-])c(C(c2ccc(F)cc2)c2ccc(F)cc2)cc2ccccc12. The predicted octanol–water partition coefficient (Wildman–Crippen LogP) is 5.05. The second-order valence-electron chi connectivity index (χ2n) is 10.1. The molecule has 2 atom stereocenters.